The maximum Gasteiger partial charge on any atom is 0.254 e. The van der Waals surface area contributed by atoms with E-state index >= 15 is 0 Å². The summed E-state index contributed by atoms with van der Waals surface area (Å²) < 4.78 is 25.5. The van der Waals surface area contributed by atoms with E-state index in [1.165, 1.54) is 7.05 Å². The van der Waals surface area contributed by atoms with E-state index in [-0.39, 0.29) is 10.6 Å². The summed E-state index contributed by atoms with van der Waals surface area (Å²) in [6.45, 7) is 0. The lowest BCUT2D eigenvalue weighted by Gasteiger charge is -2.02. The molecule has 1 N–H and O–H groups in total. The van der Waals surface area contributed by atoms with Gasteiger partial charge in [0.05, 0.1) is 10.6 Å². The molecule has 5 heteroatoms. The lowest BCUT2D eigenvalue weighted by molar-refractivity contribution is 0.0959. The van der Waals surface area contributed by atoms with Gasteiger partial charge >= 0.3 is 0 Å². The van der Waals surface area contributed by atoms with E-state index in [4.69, 9.17) is 11.6 Å². The number of amides is 1. The Kier molecular flexibility index (Phi) is 2.83. The standard InChI is InChI=1S/C8H6ClF2NO/c1-12-8(13)4-2-5(9)7(11)3-6(4)10/h2-3H,1H3,(H,12,13). The first kappa shape index (κ1) is 9.92. The third kappa shape index (κ3) is 1.95. The Morgan fingerprint density at radius 1 is 1.38 bits per heavy atom. The summed E-state index contributed by atoms with van der Waals surface area (Å²) >= 11 is 5.37. The van der Waals surface area contributed by atoms with Gasteiger partial charge in [-0.25, -0.2) is 8.78 Å². The second kappa shape index (κ2) is 3.70. The minimum absolute atomic E-state index is 0.270. The first-order chi connectivity index (χ1) is 6.06. The van der Waals surface area contributed by atoms with Crippen LogP contribution in [0.15, 0.2) is 12.1 Å². The lowest BCUT2D eigenvalue weighted by Crippen LogP contribution is -2.19. The number of hydrogen-bond acceptors (Lipinski definition) is 1. The fraction of sp³-hybridized carbons (Fsp3) is 0.125. The number of hydrogen-bond donors (Lipinski definition) is 1. The molecule has 1 aromatic carbocycles. The summed E-state index contributed by atoms with van der Waals surface area (Å²) in [5.74, 6) is -2.45. The molecular formula is C8H6ClF2NO. The largest absolute Gasteiger partial charge is 0.355 e. The number of carbonyl (C=O) groups is 1. The van der Waals surface area contributed by atoms with E-state index in [1.807, 2.05) is 0 Å². The molecule has 1 aromatic rings. The van der Waals surface area contributed by atoms with Gasteiger partial charge < -0.3 is 5.32 Å². The molecule has 0 aliphatic heterocycles. The molecule has 0 atom stereocenters. The molecule has 2 nitrogen and oxygen atoms in total. The zero-order chi connectivity index (χ0) is 10.0. The van der Waals surface area contributed by atoms with Crippen LogP contribution in [-0.4, -0.2) is 13.0 Å². The topological polar surface area (TPSA) is 29.1 Å². The summed E-state index contributed by atoms with van der Waals surface area (Å²) in [4.78, 5) is 11.0. The second-order valence-corrected chi connectivity index (χ2v) is 2.73. The first-order valence-corrected chi connectivity index (χ1v) is 3.80. The monoisotopic (exact) mass is 205 g/mol. The highest BCUT2D eigenvalue weighted by Gasteiger charge is 2.13. The molecule has 0 aliphatic rings. The van der Waals surface area contributed by atoms with E-state index in [0.29, 0.717) is 6.07 Å². The molecule has 0 bridgehead atoms. The highest BCUT2D eigenvalue weighted by Crippen LogP contribution is 2.19. The Morgan fingerprint density at radius 3 is 2.54 bits per heavy atom. The quantitative estimate of drug-likeness (QED) is 0.698. The molecule has 1 rings (SSSR count). The van der Waals surface area contributed by atoms with Gasteiger partial charge in [0, 0.05) is 13.1 Å². The molecular weight excluding hydrogens is 200 g/mol. The Bertz CT molecular complexity index is 354. The van der Waals surface area contributed by atoms with Crippen LogP contribution in [0.25, 0.3) is 0 Å². The van der Waals surface area contributed by atoms with Gasteiger partial charge in [0.25, 0.3) is 5.91 Å². The lowest BCUT2D eigenvalue weighted by atomic mass is 10.2. The average molecular weight is 206 g/mol. The van der Waals surface area contributed by atoms with Crippen LogP contribution in [0.5, 0.6) is 0 Å². The third-order valence-corrected chi connectivity index (χ3v) is 1.77. The number of nitrogens with one attached hydrogen (secondary N) is 1. The van der Waals surface area contributed by atoms with Crippen molar-refractivity contribution in [3.63, 3.8) is 0 Å². The molecule has 0 saturated heterocycles. The zero-order valence-electron chi connectivity index (χ0n) is 6.70. The molecule has 0 aromatic heterocycles. The SMILES string of the molecule is CNC(=O)c1cc(Cl)c(F)cc1F. The van der Waals surface area contributed by atoms with Crippen LogP contribution in [0, 0.1) is 11.6 Å². The number of benzene rings is 1. The van der Waals surface area contributed by atoms with E-state index in [9.17, 15) is 13.6 Å². The van der Waals surface area contributed by atoms with Gasteiger partial charge in [-0.2, -0.15) is 0 Å². The third-order valence-electron chi connectivity index (χ3n) is 1.48. The summed E-state index contributed by atoms with van der Waals surface area (Å²) in [7, 11) is 1.35. The number of rotatable bonds is 1. The van der Waals surface area contributed by atoms with Crippen molar-refractivity contribution in [2.24, 2.45) is 0 Å². The number of carbonyl (C=O) groups excluding carboxylic acids is 1. The molecule has 0 aliphatic carbocycles. The Morgan fingerprint density at radius 2 is 2.00 bits per heavy atom. The van der Waals surface area contributed by atoms with Crippen molar-refractivity contribution >= 4 is 17.5 Å². The van der Waals surface area contributed by atoms with E-state index < -0.39 is 17.5 Å². The molecule has 0 saturated carbocycles. The van der Waals surface area contributed by atoms with Crippen molar-refractivity contribution in [2.45, 2.75) is 0 Å². The Labute approximate surface area is 78.5 Å². The van der Waals surface area contributed by atoms with Gasteiger partial charge in [-0.05, 0) is 6.07 Å². The van der Waals surface area contributed by atoms with Crippen LogP contribution in [0.1, 0.15) is 10.4 Å². The van der Waals surface area contributed by atoms with Crippen LogP contribution in [0.4, 0.5) is 8.78 Å². The van der Waals surface area contributed by atoms with Gasteiger partial charge in [-0.1, -0.05) is 11.6 Å². The summed E-state index contributed by atoms with van der Waals surface area (Å²) in [5, 5.41) is 1.93. The van der Waals surface area contributed by atoms with Gasteiger partial charge in [0.15, 0.2) is 0 Å². The Hall–Kier alpha value is -1.16. The molecule has 70 valence electrons. The molecule has 1 amide bonds. The number of halogens is 3. The fourth-order valence-corrected chi connectivity index (χ4v) is 0.995. The van der Waals surface area contributed by atoms with Crippen LogP contribution >= 0.6 is 11.6 Å². The van der Waals surface area contributed by atoms with Crippen LogP contribution in [0.3, 0.4) is 0 Å². The summed E-state index contributed by atoms with van der Waals surface area (Å²) in [6, 6.07) is 1.53. The van der Waals surface area contributed by atoms with Crippen molar-refractivity contribution in [1.82, 2.24) is 5.32 Å². The highest BCUT2D eigenvalue weighted by molar-refractivity contribution is 6.31. The van der Waals surface area contributed by atoms with E-state index in [1.54, 1.807) is 0 Å². The Balaban J connectivity index is 3.23. The van der Waals surface area contributed by atoms with Crippen molar-refractivity contribution < 1.29 is 13.6 Å². The van der Waals surface area contributed by atoms with Crippen LogP contribution < -0.4 is 5.32 Å². The molecule has 0 heterocycles. The molecule has 13 heavy (non-hydrogen) atoms. The maximum atomic E-state index is 12.9. The molecule has 0 spiro atoms. The van der Waals surface area contributed by atoms with Crippen molar-refractivity contribution in [2.75, 3.05) is 7.05 Å². The highest BCUT2D eigenvalue weighted by atomic mass is 35.5. The zero-order valence-corrected chi connectivity index (χ0v) is 7.45. The van der Waals surface area contributed by atoms with Gasteiger partial charge in [0.1, 0.15) is 11.6 Å². The van der Waals surface area contributed by atoms with Crippen molar-refractivity contribution in [3.8, 4) is 0 Å². The molecule has 0 radical (unpaired) electrons. The molecule has 0 fully saturated rings. The van der Waals surface area contributed by atoms with Crippen LogP contribution in [0.2, 0.25) is 5.02 Å². The normalized spacial score (nSPS) is 9.85. The van der Waals surface area contributed by atoms with Crippen molar-refractivity contribution in [3.05, 3.63) is 34.4 Å². The predicted molar refractivity (Wildman–Crippen MR) is 44.8 cm³/mol. The minimum Gasteiger partial charge on any atom is -0.355 e. The smallest absolute Gasteiger partial charge is 0.254 e. The minimum atomic E-state index is -0.929. The van der Waals surface area contributed by atoms with Gasteiger partial charge in [-0.15, -0.1) is 0 Å². The van der Waals surface area contributed by atoms with Crippen LogP contribution in [-0.2, 0) is 0 Å². The average Bonchev–Trinajstić information content (AvgIpc) is 2.10. The molecule has 0 unspecified atom stereocenters. The fourth-order valence-electron chi connectivity index (χ4n) is 0.831. The van der Waals surface area contributed by atoms with E-state index in [0.717, 1.165) is 6.07 Å². The second-order valence-electron chi connectivity index (χ2n) is 2.33. The maximum absolute atomic E-state index is 12.9. The summed E-state index contributed by atoms with van der Waals surface area (Å²) in [6.07, 6.45) is 0. The first-order valence-electron chi connectivity index (χ1n) is 3.43. The van der Waals surface area contributed by atoms with Crippen molar-refractivity contribution in [1.29, 1.82) is 0 Å². The van der Waals surface area contributed by atoms with Gasteiger partial charge in [0.2, 0.25) is 0 Å². The van der Waals surface area contributed by atoms with E-state index in [2.05, 4.69) is 5.32 Å². The summed E-state index contributed by atoms with van der Waals surface area (Å²) in [5.41, 5.74) is -0.270. The predicted octanol–water partition coefficient (Wildman–Crippen LogP) is 1.98. The van der Waals surface area contributed by atoms with Gasteiger partial charge in [-0.3, -0.25) is 4.79 Å².